The van der Waals surface area contributed by atoms with Gasteiger partial charge in [0.15, 0.2) is 0 Å². The standard InChI is InChI=1S/C16H32N2/c1-5-11-17-15-14(9-10-16(15,3)4)18(6-2)12-13-7-8-13/h13-15,17H,5-12H2,1-4H3. The maximum Gasteiger partial charge on any atom is 0.0274 e. The predicted molar refractivity (Wildman–Crippen MR) is 78.9 cm³/mol. The highest BCUT2D eigenvalue weighted by atomic mass is 15.2. The molecular weight excluding hydrogens is 220 g/mol. The Morgan fingerprint density at radius 1 is 1.17 bits per heavy atom. The summed E-state index contributed by atoms with van der Waals surface area (Å²) in [5, 5.41) is 3.84. The van der Waals surface area contributed by atoms with Crippen molar-refractivity contribution in [1.82, 2.24) is 10.2 Å². The van der Waals surface area contributed by atoms with Gasteiger partial charge < -0.3 is 5.32 Å². The quantitative estimate of drug-likeness (QED) is 0.748. The molecule has 0 radical (unpaired) electrons. The van der Waals surface area contributed by atoms with Crippen molar-refractivity contribution in [1.29, 1.82) is 0 Å². The van der Waals surface area contributed by atoms with Crippen LogP contribution in [-0.4, -0.2) is 36.6 Å². The normalized spacial score (nSPS) is 31.2. The zero-order valence-electron chi connectivity index (χ0n) is 12.8. The molecule has 2 fully saturated rings. The van der Waals surface area contributed by atoms with E-state index in [0.29, 0.717) is 11.5 Å². The molecule has 2 atom stereocenters. The van der Waals surface area contributed by atoms with Gasteiger partial charge in [-0.2, -0.15) is 0 Å². The number of hydrogen-bond donors (Lipinski definition) is 1. The minimum atomic E-state index is 0.469. The fourth-order valence-electron chi connectivity index (χ4n) is 3.60. The van der Waals surface area contributed by atoms with E-state index < -0.39 is 0 Å². The average Bonchev–Trinajstić information content (AvgIpc) is 3.09. The molecule has 1 N–H and O–H groups in total. The lowest BCUT2D eigenvalue weighted by Crippen LogP contribution is -2.52. The Balaban J connectivity index is 1.98. The third-order valence-electron chi connectivity index (χ3n) is 4.99. The number of hydrogen-bond acceptors (Lipinski definition) is 2. The topological polar surface area (TPSA) is 15.3 Å². The molecule has 2 aliphatic carbocycles. The van der Waals surface area contributed by atoms with Crippen LogP contribution in [0.25, 0.3) is 0 Å². The summed E-state index contributed by atoms with van der Waals surface area (Å²) in [6, 6.07) is 1.47. The van der Waals surface area contributed by atoms with Crippen LogP contribution in [0.4, 0.5) is 0 Å². The Hall–Kier alpha value is -0.0800. The summed E-state index contributed by atoms with van der Waals surface area (Å²) >= 11 is 0. The molecular formula is C16H32N2. The minimum absolute atomic E-state index is 0.469. The molecule has 2 nitrogen and oxygen atoms in total. The Kier molecular flexibility index (Phi) is 4.71. The van der Waals surface area contributed by atoms with Crippen molar-refractivity contribution in [3.05, 3.63) is 0 Å². The van der Waals surface area contributed by atoms with Gasteiger partial charge in [0.05, 0.1) is 0 Å². The van der Waals surface area contributed by atoms with Gasteiger partial charge in [0.2, 0.25) is 0 Å². The number of likely N-dealkylation sites (N-methyl/N-ethyl adjacent to an activating group) is 1. The molecule has 0 aromatic heterocycles. The third kappa shape index (κ3) is 3.27. The van der Waals surface area contributed by atoms with Crippen molar-refractivity contribution in [2.75, 3.05) is 19.6 Å². The molecule has 106 valence electrons. The molecule has 0 aromatic rings. The fraction of sp³-hybridized carbons (Fsp3) is 1.00. The highest BCUT2D eigenvalue weighted by Crippen LogP contribution is 2.41. The van der Waals surface area contributed by atoms with Crippen LogP contribution in [0.3, 0.4) is 0 Å². The Morgan fingerprint density at radius 2 is 1.89 bits per heavy atom. The van der Waals surface area contributed by atoms with Gasteiger partial charge in [-0.05, 0) is 56.5 Å². The van der Waals surface area contributed by atoms with Crippen molar-refractivity contribution < 1.29 is 0 Å². The van der Waals surface area contributed by atoms with E-state index in [4.69, 9.17) is 0 Å². The van der Waals surface area contributed by atoms with E-state index in [1.54, 1.807) is 0 Å². The van der Waals surface area contributed by atoms with Crippen LogP contribution in [-0.2, 0) is 0 Å². The van der Waals surface area contributed by atoms with Crippen LogP contribution < -0.4 is 5.32 Å². The second kappa shape index (κ2) is 5.92. The first-order valence-corrected chi connectivity index (χ1v) is 8.06. The zero-order valence-corrected chi connectivity index (χ0v) is 12.8. The first-order valence-electron chi connectivity index (χ1n) is 8.06. The van der Waals surface area contributed by atoms with E-state index in [1.165, 1.54) is 51.7 Å². The Labute approximate surface area is 114 Å². The van der Waals surface area contributed by atoms with Gasteiger partial charge in [0.1, 0.15) is 0 Å². The molecule has 0 aliphatic heterocycles. The average molecular weight is 252 g/mol. The lowest BCUT2D eigenvalue weighted by atomic mass is 9.86. The summed E-state index contributed by atoms with van der Waals surface area (Å²) in [7, 11) is 0. The van der Waals surface area contributed by atoms with Crippen LogP contribution in [0.1, 0.15) is 59.8 Å². The lowest BCUT2D eigenvalue weighted by Gasteiger charge is -2.37. The van der Waals surface area contributed by atoms with Gasteiger partial charge in [-0.25, -0.2) is 0 Å². The van der Waals surface area contributed by atoms with E-state index >= 15 is 0 Å². The monoisotopic (exact) mass is 252 g/mol. The molecule has 0 amide bonds. The van der Waals surface area contributed by atoms with E-state index in [-0.39, 0.29) is 0 Å². The number of nitrogens with one attached hydrogen (secondary N) is 1. The molecule has 2 aliphatic rings. The molecule has 0 heterocycles. The van der Waals surface area contributed by atoms with Gasteiger partial charge >= 0.3 is 0 Å². The van der Waals surface area contributed by atoms with Crippen molar-refractivity contribution >= 4 is 0 Å². The molecule has 0 saturated heterocycles. The number of nitrogens with zero attached hydrogens (tertiary/aromatic N) is 1. The maximum absolute atomic E-state index is 3.84. The van der Waals surface area contributed by atoms with Crippen LogP contribution in [0, 0.1) is 11.3 Å². The summed E-state index contributed by atoms with van der Waals surface area (Å²) in [6.45, 7) is 13.3. The SMILES string of the molecule is CCCNC1C(N(CC)CC2CC2)CCC1(C)C. The largest absolute Gasteiger partial charge is 0.312 e. The number of rotatable bonds is 7. The molecule has 2 unspecified atom stereocenters. The Bertz CT molecular complexity index is 258. The van der Waals surface area contributed by atoms with Crippen LogP contribution in [0.2, 0.25) is 0 Å². The second-order valence-electron chi connectivity index (χ2n) is 7.06. The third-order valence-corrected chi connectivity index (χ3v) is 4.99. The van der Waals surface area contributed by atoms with Gasteiger partial charge in [-0.1, -0.05) is 27.7 Å². The molecule has 18 heavy (non-hydrogen) atoms. The maximum atomic E-state index is 3.84. The van der Waals surface area contributed by atoms with Crippen molar-refractivity contribution in [3.8, 4) is 0 Å². The van der Waals surface area contributed by atoms with Gasteiger partial charge in [-0.3, -0.25) is 4.90 Å². The van der Waals surface area contributed by atoms with Crippen LogP contribution >= 0.6 is 0 Å². The first kappa shape index (κ1) is 14.3. The van der Waals surface area contributed by atoms with E-state index in [1.807, 2.05) is 0 Å². The Morgan fingerprint density at radius 3 is 2.44 bits per heavy atom. The summed E-state index contributed by atoms with van der Waals surface area (Å²) < 4.78 is 0. The molecule has 0 bridgehead atoms. The minimum Gasteiger partial charge on any atom is -0.312 e. The molecule has 2 saturated carbocycles. The van der Waals surface area contributed by atoms with Crippen molar-refractivity contribution in [2.45, 2.75) is 71.9 Å². The molecule has 2 rings (SSSR count). The van der Waals surface area contributed by atoms with Gasteiger partial charge in [-0.15, -0.1) is 0 Å². The second-order valence-corrected chi connectivity index (χ2v) is 7.06. The van der Waals surface area contributed by atoms with E-state index in [2.05, 4.69) is 37.9 Å². The van der Waals surface area contributed by atoms with Crippen molar-refractivity contribution in [3.63, 3.8) is 0 Å². The highest BCUT2D eigenvalue weighted by molar-refractivity contribution is 5.01. The smallest absolute Gasteiger partial charge is 0.0274 e. The molecule has 0 aromatic carbocycles. The molecule has 0 spiro atoms. The summed E-state index contributed by atoms with van der Waals surface area (Å²) in [5.74, 6) is 1.01. The summed E-state index contributed by atoms with van der Waals surface area (Å²) in [4.78, 5) is 2.76. The van der Waals surface area contributed by atoms with Gasteiger partial charge in [0, 0.05) is 18.6 Å². The fourth-order valence-corrected chi connectivity index (χ4v) is 3.60. The van der Waals surface area contributed by atoms with Crippen molar-refractivity contribution in [2.24, 2.45) is 11.3 Å². The predicted octanol–water partition coefficient (Wildman–Crippen LogP) is 3.28. The van der Waals surface area contributed by atoms with E-state index in [0.717, 1.165) is 12.0 Å². The summed E-state index contributed by atoms with van der Waals surface area (Å²) in [5.41, 5.74) is 0.469. The van der Waals surface area contributed by atoms with Crippen LogP contribution in [0.5, 0.6) is 0 Å². The summed E-state index contributed by atoms with van der Waals surface area (Å²) in [6.07, 6.45) is 6.95. The van der Waals surface area contributed by atoms with E-state index in [9.17, 15) is 0 Å². The van der Waals surface area contributed by atoms with Gasteiger partial charge in [0.25, 0.3) is 0 Å². The lowest BCUT2D eigenvalue weighted by molar-refractivity contribution is 0.144. The highest BCUT2D eigenvalue weighted by Gasteiger charge is 2.44. The first-order chi connectivity index (χ1) is 8.58. The van der Waals surface area contributed by atoms with Crippen LogP contribution in [0.15, 0.2) is 0 Å². The molecule has 2 heteroatoms. The zero-order chi connectivity index (χ0) is 13.2.